The smallest absolute Gasteiger partial charge is 0.253 e. The predicted octanol–water partition coefficient (Wildman–Crippen LogP) is 4.93. The molecule has 0 bridgehead atoms. The zero-order valence-corrected chi connectivity index (χ0v) is 16.3. The van der Waals surface area contributed by atoms with Gasteiger partial charge in [-0.1, -0.05) is 66.7 Å². The van der Waals surface area contributed by atoms with E-state index in [1.165, 1.54) is 10.5 Å². The maximum absolute atomic E-state index is 13.4. The fourth-order valence-corrected chi connectivity index (χ4v) is 4.38. The number of hydrogen-bond acceptors (Lipinski definition) is 3. The minimum atomic E-state index is -0.249. The zero-order valence-electron chi connectivity index (χ0n) is 15.5. The summed E-state index contributed by atoms with van der Waals surface area (Å²) in [6, 6.07) is 26.5. The molecule has 0 radical (unpaired) electrons. The van der Waals surface area contributed by atoms with E-state index in [1.54, 1.807) is 11.8 Å². The normalized spacial score (nSPS) is 16.0. The molecule has 136 valence electrons. The van der Waals surface area contributed by atoms with Gasteiger partial charge in [0.1, 0.15) is 0 Å². The zero-order chi connectivity index (χ0) is 18.8. The van der Waals surface area contributed by atoms with Gasteiger partial charge in [0, 0.05) is 18.5 Å². The van der Waals surface area contributed by atoms with Crippen molar-refractivity contribution >= 4 is 23.4 Å². The summed E-state index contributed by atoms with van der Waals surface area (Å²) in [5.41, 5.74) is 4.30. The Morgan fingerprint density at radius 1 is 0.926 bits per heavy atom. The quantitative estimate of drug-likeness (QED) is 0.591. The number of amides is 1. The lowest BCUT2D eigenvalue weighted by Gasteiger charge is -2.29. The molecule has 27 heavy (non-hydrogen) atoms. The van der Waals surface area contributed by atoms with Crippen LogP contribution in [0.15, 0.2) is 83.8 Å². The molecule has 3 nitrogen and oxygen atoms in total. The maximum atomic E-state index is 13.4. The third-order valence-corrected chi connectivity index (χ3v) is 5.84. The van der Waals surface area contributed by atoms with Crippen LogP contribution in [0.4, 0.5) is 5.69 Å². The lowest BCUT2D eigenvalue weighted by molar-refractivity contribution is -0.121. The second-order valence-electron chi connectivity index (χ2n) is 6.68. The highest BCUT2D eigenvalue weighted by atomic mass is 32.2. The van der Waals surface area contributed by atoms with E-state index >= 15 is 0 Å². The molecule has 0 spiro atoms. The van der Waals surface area contributed by atoms with Crippen LogP contribution in [0.3, 0.4) is 0 Å². The number of para-hydroxylation sites is 1. The number of hydrazine groups is 1. The number of rotatable bonds is 5. The fourth-order valence-electron chi connectivity index (χ4n) is 3.77. The number of nitrogens with zero attached hydrogens (tertiary/aromatic N) is 2. The topological polar surface area (TPSA) is 23.6 Å². The number of hydrogen-bond donors (Lipinski definition) is 0. The molecule has 1 aliphatic heterocycles. The van der Waals surface area contributed by atoms with Gasteiger partial charge in [-0.05, 0) is 35.1 Å². The molecular weight excluding hydrogens is 352 g/mol. The summed E-state index contributed by atoms with van der Waals surface area (Å²) >= 11 is 1.73. The van der Waals surface area contributed by atoms with Crippen molar-refractivity contribution < 1.29 is 4.79 Å². The molecule has 3 aromatic rings. The van der Waals surface area contributed by atoms with E-state index in [9.17, 15) is 4.79 Å². The van der Waals surface area contributed by atoms with Gasteiger partial charge in [-0.3, -0.25) is 4.79 Å². The monoisotopic (exact) mass is 374 g/mol. The first kappa shape index (κ1) is 17.8. The third-order valence-electron chi connectivity index (χ3n) is 5.00. The Morgan fingerprint density at radius 2 is 1.59 bits per heavy atom. The number of carbonyl (C=O) groups excluding carboxylic acids is 1. The van der Waals surface area contributed by atoms with E-state index < -0.39 is 0 Å². The second kappa shape index (κ2) is 7.59. The van der Waals surface area contributed by atoms with Crippen molar-refractivity contribution in [3.63, 3.8) is 0 Å². The highest BCUT2D eigenvalue weighted by Crippen LogP contribution is 2.41. The van der Waals surface area contributed by atoms with Gasteiger partial charge in [0.2, 0.25) is 0 Å². The van der Waals surface area contributed by atoms with Gasteiger partial charge in [-0.15, -0.1) is 11.8 Å². The summed E-state index contributed by atoms with van der Waals surface area (Å²) in [7, 11) is 1.99. The van der Waals surface area contributed by atoms with Crippen molar-refractivity contribution in [2.75, 3.05) is 18.3 Å². The summed E-state index contributed by atoms with van der Waals surface area (Å²) in [4.78, 5) is 14.7. The molecule has 0 unspecified atom stereocenters. The molecule has 1 aliphatic rings. The summed E-state index contributed by atoms with van der Waals surface area (Å²) in [5.74, 6) is -0.146. The Bertz CT molecular complexity index is 957. The van der Waals surface area contributed by atoms with Gasteiger partial charge in [0.25, 0.3) is 5.91 Å². The summed E-state index contributed by atoms with van der Waals surface area (Å²) in [6.07, 6.45) is 2.08. The summed E-state index contributed by atoms with van der Waals surface area (Å²) in [5, 5.41) is 3.86. The highest BCUT2D eigenvalue weighted by Gasteiger charge is 2.40. The summed E-state index contributed by atoms with van der Waals surface area (Å²) in [6.45, 7) is 0.679. The Balaban J connectivity index is 1.70. The van der Waals surface area contributed by atoms with Crippen molar-refractivity contribution in [3.8, 4) is 0 Å². The van der Waals surface area contributed by atoms with Gasteiger partial charge in [-0.25, -0.2) is 10.0 Å². The molecule has 0 aromatic heterocycles. The minimum absolute atomic E-state index is 0.103. The van der Waals surface area contributed by atoms with Crippen LogP contribution in [0.2, 0.25) is 0 Å². The van der Waals surface area contributed by atoms with Gasteiger partial charge in [0.05, 0.1) is 11.6 Å². The largest absolute Gasteiger partial charge is 0.272 e. The van der Waals surface area contributed by atoms with Gasteiger partial charge in [0.15, 0.2) is 0 Å². The number of anilines is 1. The SMILES string of the molecule is CSc1ccccc1CN(C)N1C(=O)[C@@H](c2ccccc2)c2ccccc21. The maximum Gasteiger partial charge on any atom is 0.253 e. The van der Waals surface area contributed by atoms with Crippen LogP contribution in [-0.4, -0.2) is 24.2 Å². The van der Waals surface area contributed by atoms with E-state index in [2.05, 4.69) is 36.6 Å². The number of benzene rings is 3. The van der Waals surface area contributed by atoms with E-state index in [0.717, 1.165) is 16.8 Å². The molecule has 0 saturated heterocycles. The van der Waals surface area contributed by atoms with Gasteiger partial charge >= 0.3 is 0 Å². The second-order valence-corrected chi connectivity index (χ2v) is 7.53. The Morgan fingerprint density at radius 3 is 2.37 bits per heavy atom. The number of thioether (sulfide) groups is 1. The van der Waals surface area contributed by atoms with Crippen molar-refractivity contribution in [3.05, 3.63) is 95.6 Å². The van der Waals surface area contributed by atoms with Gasteiger partial charge < -0.3 is 0 Å². The Hall–Kier alpha value is -2.56. The molecule has 4 rings (SSSR count). The first-order valence-electron chi connectivity index (χ1n) is 9.01. The van der Waals surface area contributed by atoms with Crippen LogP contribution in [0.1, 0.15) is 22.6 Å². The van der Waals surface area contributed by atoms with E-state index in [0.29, 0.717) is 6.54 Å². The lowest BCUT2D eigenvalue weighted by atomic mass is 9.93. The summed E-state index contributed by atoms with van der Waals surface area (Å²) < 4.78 is 0. The predicted molar refractivity (Wildman–Crippen MR) is 112 cm³/mol. The molecular formula is C23H22N2OS. The molecule has 0 aliphatic carbocycles. The molecule has 1 atom stereocenters. The van der Waals surface area contributed by atoms with E-state index in [1.807, 2.05) is 65.6 Å². The van der Waals surface area contributed by atoms with Crippen molar-refractivity contribution in [1.29, 1.82) is 0 Å². The van der Waals surface area contributed by atoms with Crippen molar-refractivity contribution in [2.45, 2.75) is 17.4 Å². The standard InChI is InChI=1S/C23H22N2OS/c1-24(16-18-12-6-9-15-21(18)27-2)25-20-14-8-7-13-19(20)22(23(25)26)17-10-4-3-5-11-17/h3-15,22H,16H2,1-2H3/t22-/m0/s1. The first-order chi connectivity index (χ1) is 13.2. The van der Waals surface area contributed by atoms with Crippen molar-refractivity contribution in [1.82, 2.24) is 5.01 Å². The number of carbonyl (C=O) groups is 1. The molecule has 4 heteroatoms. The average molecular weight is 375 g/mol. The molecule has 0 fully saturated rings. The van der Waals surface area contributed by atoms with Crippen molar-refractivity contribution in [2.24, 2.45) is 0 Å². The first-order valence-corrected chi connectivity index (χ1v) is 10.2. The van der Waals surface area contributed by atoms with Crippen LogP contribution in [0, 0.1) is 0 Å². The Labute approximate surface area is 164 Å². The molecule has 0 N–H and O–H groups in total. The Kier molecular flexibility index (Phi) is 5.01. The fraction of sp³-hybridized carbons (Fsp3) is 0.174. The molecule has 0 saturated carbocycles. The van der Waals surface area contributed by atoms with Crippen LogP contribution in [0.5, 0.6) is 0 Å². The number of fused-ring (bicyclic) bond motifs is 1. The molecule has 1 heterocycles. The van der Waals surface area contributed by atoms with E-state index in [-0.39, 0.29) is 11.8 Å². The molecule has 1 amide bonds. The lowest BCUT2D eigenvalue weighted by Crippen LogP contribution is -2.42. The average Bonchev–Trinajstić information content (AvgIpc) is 3.01. The highest BCUT2D eigenvalue weighted by molar-refractivity contribution is 7.98. The van der Waals surface area contributed by atoms with Gasteiger partial charge in [-0.2, -0.15) is 0 Å². The van der Waals surface area contributed by atoms with E-state index in [4.69, 9.17) is 0 Å². The molecule has 3 aromatic carbocycles. The minimum Gasteiger partial charge on any atom is -0.272 e. The van der Waals surface area contributed by atoms with Crippen LogP contribution >= 0.6 is 11.8 Å². The van der Waals surface area contributed by atoms with Crippen LogP contribution in [-0.2, 0) is 11.3 Å². The van der Waals surface area contributed by atoms with Crippen LogP contribution < -0.4 is 5.01 Å². The third kappa shape index (κ3) is 3.27. The van der Waals surface area contributed by atoms with Crippen LogP contribution in [0.25, 0.3) is 0 Å².